The van der Waals surface area contributed by atoms with Crippen LogP contribution >= 0.6 is 15.9 Å². The van der Waals surface area contributed by atoms with Gasteiger partial charge in [0.25, 0.3) is 0 Å². The third-order valence-corrected chi connectivity index (χ3v) is 12.0. The zero-order valence-electron chi connectivity index (χ0n) is 30.4. The summed E-state index contributed by atoms with van der Waals surface area (Å²) in [5.41, 5.74) is 0.327. The molecule has 1 unspecified atom stereocenters. The number of nitrogens with zero attached hydrogens (tertiary/aromatic N) is 3. The molecule has 14 heteroatoms. The zero-order chi connectivity index (χ0) is 38.9. The van der Waals surface area contributed by atoms with Crippen molar-refractivity contribution in [3.8, 4) is 22.9 Å². The molecule has 2 aromatic heterocycles. The summed E-state index contributed by atoms with van der Waals surface area (Å²) >= 11 is 3.31. The lowest BCUT2D eigenvalue weighted by Gasteiger charge is -2.30. The fourth-order valence-corrected chi connectivity index (χ4v) is 8.56. The number of halogens is 4. The molecule has 0 aliphatic rings. The molecule has 0 spiro atoms. The van der Waals surface area contributed by atoms with Crippen LogP contribution in [-0.2, 0) is 38.3 Å². The molecule has 0 radical (unpaired) electrons. The first-order chi connectivity index (χ1) is 24.9. The van der Waals surface area contributed by atoms with Crippen molar-refractivity contribution in [1.29, 1.82) is 0 Å². The second kappa shape index (κ2) is 15.5. The Morgan fingerprint density at radius 1 is 1.09 bits per heavy atom. The van der Waals surface area contributed by atoms with E-state index in [9.17, 15) is 17.6 Å². The molecule has 5 rings (SSSR count). The number of benzene rings is 3. The summed E-state index contributed by atoms with van der Waals surface area (Å²) < 4.78 is 82.7. The number of aryl methyl sites for hydroxylation is 1. The number of rotatable bonds is 15. The number of fused-ring (bicyclic) bond motifs is 1. The Kier molecular flexibility index (Phi) is 11.6. The average molecular weight is 816 g/mol. The van der Waals surface area contributed by atoms with Crippen molar-refractivity contribution in [3.63, 3.8) is 0 Å². The van der Waals surface area contributed by atoms with Gasteiger partial charge in [-0.25, -0.2) is 26.9 Å². The van der Waals surface area contributed by atoms with E-state index in [1.54, 1.807) is 20.0 Å². The third-order valence-electron chi connectivity index (χ3n) is 9.54. The van der Waals surface area contributed by atoms with Gasteiger partial charge in [-0.1, -0.05) is 58.0 Å². The maximum Gasteiger partial charge on any atom is 0.308 e. The van der Waals surface area contributed by atoms with Crippen LogP contribution in [0.5, 0.6) is 11.5 Å². The van der Waals surface area contributed by atoms with Crippen molar-refractivity contribution in [2.45, 2.75) is 58.8 Å². The molecule has 0 bridgehead atoms. The number of hydrogen-bond donors (Lipinski definition) is 1. The van der Waals surface area contributed by atoms with Crippen molar-refractivity contribution in [1.82, 2.24) is 19.7 Å². The fourth-order valence-electron chi connectivity index (χ4n) is 6.62. The van der Waals surface area contributed by atoms with Gasteiger partial charge in [0, 0.05) is 24.0 Å². The number of carbonyl (C=O) groups is 1. The summed E-state index contributed by atoms with van der Waals surface area (Å²) in [4.78, 5) is 19.8. The first-order valence-electron chi connectivity index (χ1n) is 16.9. The molecule has 282 valence electrons. The maximum absolute atomic E-state index is 15.6. The Morgan fingerprint density at radius 2 is 1.83 bits per heavy atom. The van der Waals surface area contributed by atoms with Crippen LogP contribution in [0, 0.1) is 28.8 Å². The summed E-state index contributed by atoms with van der Waals surface area (Å²) in [6.45, 7) is 11.0. The Labute approximate surface area is 315 Å². The van der Waals surface area contributed by atoms with E-state index in [0.717, 1.165) is 22.6 Å². The highest BCUT2D eigenvalue weighted by Crippen LogP contribution is 2.42. The topological polar surface area (TPSA) is 116 Å². The van der Waals surface area contributed by atoms with E-state index in [-0.39, 0.29) is 44.8 Å². The van der Waals surface area contributed by atoms with Crippen molar-refractivity contribution in [2.24, 2.45) is 18.4 Å². The minimum atomic E-state index is -3.44. The van der Waals surface area contributed by atoms with Gasteiger partial charge in [-0.05, 0) is 82.9 Å². The Bertz CT molecular complexity index is 2290. The number of H-pyrrole nitrogens is 1. The summed E-state index contributed by atoms with van der Waals surface area (Å²) in [6.07, 6.45) is 3.55. The third kappa shape index (κ3) is 8.54. The second-order valence-electron chi connectivity index (χ2n) is 14.3. The molecule has 9 nitrogen and oxygen atoms in total. The highest BCUT2D eigenvalue weighted by molar-refractivity contribution is 9.10. The Morgan fingerprint density at radius 3 is 2.53 bits per heavy atom. The van der Waals surface area contributed by atoms with E-state index in [0.29, 0.717) is 36.9 Å². The van der Waals surface area contributed by atoms with Crippen molar-refractivity contribution in [2.75, 3.05) is 12.9 Å². The molecule has 0 saturated heterocycles. The molecule has 3 aromatic carbocycles. The normalized spacial score (nSPS) is 13.8. The van der Waals surface area contributed by atoms with Crippen LogP contribution in [0.4, 0.5) is 13.2 Å². The molecule has 2 atom stereocenters. The number of ether oxygens (including phenoxy) is 2. The minimum absolute atomic E-state index is 0.0160. The Hall–Kier alpha value is -4.43. The highest BCUT2D eigenvalue weighted by atomic mass is 79.9. The van der Waals surface area contributed by atoms with E-state index in [1.165, 1.54) is 30.1 Å². The van der Waals surface area contributed by atoms with Crippen molar-refractivity contribution in [3.05, 3.63) is 106 Å². The number of methoxy groups -OCH3 is 1. The number of esters is 1. The molecular formula is C39H42BrF3N4O5S. The number of carbonyl (C=O) groups excluding carboxylic acids is 1. The number of sulfone groups is 1. The van der Waals surface area contributed by atoms with E-state index in [4.69, 9.17) is 19.6 Å². The minimum Gasteiger partial charge on any atom is -0.469 e. The molecule has 0 aliphatic carbocycles. The summed E-state index contributed by atoms with van der Waals surface area (Å²) in [6, 6.07) is 13.1. The molecule has 1 N–H and O–H groups in total. The van der Waals surface area contributed by atoms with Gasteiger partial charge in [0.1, 0.15) is 11.6 Å². The average Bonchev–Trinajstić information content (AvgIpc) is 3.77. The first kappa shape index (κ1) is 39.8. The molecule has 0 fully saturated rings. The van der Waals surface area contributed by atoms with Crippen LogP contribution in [0.1, 0.15) is 63.9 Å². The fraction of sp³-hybridized carbons (Fsp3) is 0.359. The van der Waals surface area contributed by atoms with Crippen LogP contribution < -0.4 is 4.74 Å². The van der Waals surface area contributed by atoms with Gasteiger partial charge in [-0.3, -0.25) is 4.79 Å². The van der Waals surface area contributed by atoms with Crippen LogP contribution in [0.15, 0.2) is 71.2 Å². The van der Waals surface area contributed by atoms with Crippen LogP contribution in [0.25, 0.3) is 22.3 Å². The van der Waals surface area contributed by atoms with Gasteiger partial charge in [-0.2, -0.15) is 9.49 Å². The Balaban J connectivity index is 1.53. The summed E-state index contributed by atoms with van der Waals surface area (Å²) in [5.74, 6) is -3.58. The van der Waals surface area contributed by atoms with E-state index in [2.05, 4.69) is 27.5 Å². The molecule has 53 heavy (non-hydrogen) atoms. The number of aromatic nitrogens is 4. The molecule has 0 amide bonds. The molecule has 5 aromatic rings. The van der Waals surface area contributed by atoms with Crippen LogP contribution in [-0.4, -0.2) is 47.0 Å². The lowest BCUT2D eigenvalue weighted by atomic mass is 9.75. The van der Waals surface area contributed by atoms with Crippen LogP contribution in [0.2, 0.25) is 0 Å². The van der Waals surface area contributed by atoms with Gasteiger partial charge in [0.2, 0.25) is 5.82 Å². The van der Waals surface area contributed by atoms with Crippen molar-refractivity contribution >= 4 is 42.6 Å². The van der Waals surface area contributed by atoms with E-state index >= 15 is 8.78 Å². The number of nitrogens with one attached hydrogen (secondary N) is 1. The lowest BCUT2D eigenvalue weighted by molar-refractivity contribution is -0.144. The second-order valence-corrected chi connectivity index (χ2v) is 17.1. The van der Waals surface area contributed by atoms with Gasteiger partial charge in [-0.15, -0.1) is 0 Å². The zero-order valence-corrected chi connectivity index (χ0v) is 32.8. The van der Waals surface area contributed by atoms with Gasteiger partial charge in [0.05, 0.1) is 39.7 Å². The quantitative estimate of drug-likeness (QED) is 0.0828. The van der Waals surface area contributed by atoms with Gasteiger partial charge < -0.3 is 14.5 Å². The van der Waals surface area contributed by atoms with Crippen molar-refractivity contribution < 1.29 is 35.9 Å². The predicted octanol–water partition coefficient (Wildman–Crippen LogP) is 9.35. The van der Waals surface area contributed by atoms with E-state index < -0.39 is 43.9 Å². The highest BCUT2D eigenvalue weighted by Gasteiger charge is 2.36. The first-order valence-corrected chi connectivity index (χ1v) is 19.5. The van der Waals surface area contributed by atoms with Gasteiger partial charge >= 0.3 is 5.97 Å². The maximum atomic E-state index is 15.6. The van der Waals surface area contributed by atoms with Gasteiger partial charge in [0.15, 0.2) is 33.1 Å². The molecule has 0 aliphatic heterocycles. The molecule has 2 heterocycles. The lowest BCUT2D eigenvalue weighted by Crippen LogP contribution is -2.28. The van der Waals surface area contributed by atoms with Crippen LogP contribution in [0.3, 0.4) is 0 Å². The monoisotopic (exact) mass is 814 g/mol. The molecule has 0 saturated carbocycles. The molecular weight excluding hydrogens is 773 g/mol. The standard InChI is InChI=1S/C39H42BrF3N4O5S/c1-8-53(49,50)22-38(3,4)16-10-17-39(5,25-12-9-11-24(20-25)19-23(2)36(48)51-7)37-45-35(47(6)46-37)28-21-26(13-14-29(28)41)52-34-30(40)27-15-18-44-33(27)31(42)32(34)43/h8-9,11-15,18,20-21,23,44H,1,10,16-17,19,22H2,2-7H3/t23-,39?/m1/s1. The largest absolute Gasteiger partial charge is 0.469 e. The SMILES string of the molecule is C=CS(=O)(=O)CC(C)(C)CCCC(C)(c1cccc(C[C@@H](C)C(=O)OC)c1)c1nc(-c2cc(Oc3c(F)c(F)c4[nH]ccc4c3Br)ccc2F)n(C)n1. The smallest absolute Gasteiger partial charge is 0.308 e. The summed E-state index contributed by atoms with van der Waals surface area (Å²) in [5, 5.41) is 6.12. The number of aromatic amines is 1. The van der Waals surface area contributed by atoms with E-state index in [1.807, 2.05) is 45.0 Å². The summed E-state index contributed by atoms with van der Waals surface area (Å²) in [7, 11) is -0.463. The number of hydrogen-bond acceptors (Lipinski definition) is 7. The predicted molar refractivity (Wildman–Crippen MR) is 202 cm³/mol.